The van der Waals surface area contributed by atoms with Crippen molar-refractivity contribution in [3.05, 3.63) is 0 Å². The standard InChI is InChI=1S/C10H18N2/c1-3-8(2)12-10-6-4-9(11)5-7-10/h1,8-10,12H,4-7,11H2,2H3. The Hall–Kier alpha value is -0.520. The van der Waals surface area contributed by atoms with E-state index >= 15 is 0 Å². The van der Waals surface area contributed by atoms with Crippen molar-refractivity contribution in [2.75, 3.05) is 0 Å². The molecule has 1 aliphatic carbocycles. The highest BCUT2D eigenvalue weighted by Crippen LogP contribution is 2.17. The van der Waals surface area contributed by atoms with Crippen molar-refractivity contribution in [2.45, 2.75) is 50.7 Å². The van der Waals surface area contributed by atoms with Gasteiger partial charge < -0.3 is 11.1 Å². The molecule has 0 spiro atoms. The minimum atomic E-state index is 0.198. The van der Waals surface area contributed by atoms with Crippen molar-refractivity contribution in [1.29, 1.82) is 0 Å². The summed E-state index contributed by atoms with van der Waals surface area (Å²) in [6.45, 7) is 2.02. The van der Waals surface area contributed by atoms with Gasteiger partial charge in [0.15, 0.2) is 0 Å². The first kappa shape index (κ1) is 9.57. The highest BCUT2D eigenvalue weighted by Gasteiger charge is 2.18. The highest BCUT2D eigenvalue weighted by atomic mass is 14.9. The molecular weight excluding hydrogens is 148 g/mol. The van der Waals surface area contributed by atoms with Gasteiger partial charge in [0.1, 0.15) is 0 Å². The summed E-state index contributed by atoms with van der Waals surface area (Å²) in [4.78, 5) is 0. The van der Waals surface area contributed by atoms with Crippen LogP contribution in [0, 0.1) is 12.3 Å². The van der Waals surface area contributed by atoms with Gasteiger partial charge in [0.05, 0.1) is 6.04 Å². The molecule has 1 saturated carbocycles. The van der Waals surface area contributed by atoms with E-state index in [9.17, 15) is 0 Å². The van der Waals surface area contributed by atoms with Crippen molar-refractivity contribution in [3.8, 4) is 12.3 Å². The summed E-state index contributed by atoms with van der Waals surface area (Å²) in [5.74, 6) is 2.68. The summed E-state index contributed by atoms with van der Waals surface area (Å²) in [6.07, 6.45) is 9.89. The van der Waals surface area contributed by atoms with Crippen LogP contribution in [0.5, 0.6) is 0 Å². The zero-order valence-corrected chi connectivity index (χ0v) is 7.72. The van der Waals surface area contributed by atoms with Crippen LogP contribution in [0.1, 0.15) is 32.6 Å². The fourth-order valence-electron chi connectivity index (χ4n) is 1.69. The van der Waals surface area contributed by atoms with Gasteiger partial charge in [-0.3, -0.25) is 0 Å². The van der Waals surface area contributed by atoms with Gasteiger partial charge in [-0.15, -0.1) is 6.42 Å². The van der Waals surface area contributed by atoms with Gasteiger partial charge in [-0.2, -0.15) is 0 Å². The molecule has 0 bridgehead atoms. The topological polar surface area (TPSA) is 38.0 Å². The fraction of sp³-hybridized carbons (Fsp3) is 0.800. The summed E-state index contributed by atoms with van der Waals surface area (Å²) >= 11 is 0. The summed E-state index contributed by atoms with van der Waals surface area (Å²) < 4.78 is 0. The lowest BCUT2D eigenvalue weighted by Gasteiger charge is -2.28. The van der Waals surface area contributed by atoms with Gasteiger partial charge in [0.2, 0.25) is 0 Å². The van der Waals surface area contributed by atoms with Gasteiger partial charge in [-0.05, 0) is 32.6 Å². The van der Waals surface area contributed by atoms with E-state index in [1.54, 1.807) is 0 Å². The van der Waals surface area contributed by atoms with E-state index in [0.717, 1.165) is 12.8 Å². The molecule has 1 aliphatic rings. The number of nitrogens with two attached hydrogens (primary N) is 1. The van der Waals surface area contributed by atoms with Crippen LogP contribution in [0.25, 0.3) is 0 Å². The van der Waals surface area contributed by atoms with Crippen LogP contribution >= 0.6 is 0 Å². The molecule has 68 valence electrons. The lowest BCUT2D eigenvalue weighted by Crippen LogP contribution is -2.40. The maximum absolute atomic E-state index is 5.79. The summed E-state index contributed by atoms with van der Waals surface area (Å²) in [5.41, 5.74) is 5.79. The Morgan fingerprint density at radius 2 is 2.00 bits per heavy atom. The van der Waals surface area contributed by atoms with Gasteiger partial charge >= 0.3 is 0 Å². The normalized spacial score (nSPS) is 32.4. The summed E-state index contributed by atoms with van der Waals surface area (Å²) in [7, 11) is 0. The van der Waals surface area contributed by atoms with E-state index in [-0.39, 0.29) is 6.04 Å². The molecule has 2 heteroatoms. The largest absolute Gasteiger partial charge is 0.328 e. The predicted molar refractivity (Wildman–Crippen MR) is 51.7 cm³/mol. The molecule has 0 amide bonds. The third-order valence-corrected chi connectivity index (χ3v) is 2.51. The first-order chi connectivity index (χ1) is 5.72. The minimum Gasteiger partial charge on any atom is -0.328 e. The average molecular weight is 166 g/mol. The molecule has 1 fully saturated rings. The van der Waals surface area contributed by atoms with Gasteiger partial charge in [-0.25, -0.2) is 0 Å². The first-order valence-electron chi connectivity index (χ1n) is 4.70. The summed E-state index contributed by atoms with van der Waals surface area (Å²) in [5, 5.41) is 3.40. The highest BCUT2D eigenvalue weighted by molar-refractivity contribution is 4.97. The van der Waals surface area contributed by atoms with Crippen LogP contribution in [0.4, 0.5) is 0 Å². The zero-order valence-electron chi connectivity index (χ0n) is 7.72. The predicted octanol–water partition coefficient (Wildman–Crippen LogP) is 0.868. The lowest BCUT2D eigenvalue weighted by atomic mass is 9.91. The second-order valence-electron chi connectivity index (χ2n) is 3.67. The molecule has 1 atom stereocenters. The average Bonchev–Trinajstić information content (AvgIpc) is 2.09. The molecule has 0 aromatic rings. The van der Waals surface area contributed by atoms with Crippen molar-refractivity contribution >= 4 is 0 Å². The number of nitrogens with one attached hydrogen (secondary N) is 1. The van der Waals surface area contributed by atoms with Crippen molar-refractivity contribution in [1.82, 2.24) is 5.32 Å². The maximum Gasteiger partial charge on any atom is 0.0660 e. The van der Waals surface area contributed by atoms with Crippen LogP contribution in [-0.2, 0) is 0 Å². The number of terminal acetylenes is 1. The quantitative estimate of drug-likeness (QED) is 0.597. The second-order valence-corrected chi connectivity index (χ2v) is 3.67. The Bertz CT molecular complexity index is 163. The number of hydrogen-bond donors (Lipinski definition) is 2. The molecule has 3 N–H and O–H groups in total. The molecule has 0 aromatic heterocycles. The third kappa shape index (κ3) is 2.84. The van der Waals surface area contributed by atoms with Crippen LogP contribution in [-0.4, -0.2) is 18.1 Å². The van der Waals surface area contributed by atoms with E-state index in [0.29, 0.717) is 12.1 Å². The molecule has 12 heavy (non-hydrogen) atoms. The smallest absolute Gasteiger partial charge is 0.0660 e. The molecule has 2 nitrogen and oxygen atoms in total. The Labute approximate surface area is 74.9 Å². The Kier molecular flexibility index (Phi) is 3.58. The monoisotopic (exact) mass is 166 g/mol. The van der Waals surface area contributed by atoms with E-state index in [1.165, 1.54) is 12.8 Å². The van der Waals surface area contributed by atoms with Gasteiger partial charge in [0, 0.05) is 12.1 Å². The first-order valence-corrected chi connectivity index (χ1v) is 4.70. The van der Waals surface area contributed by atoms with E-state index < -0.39 is 0 Å². The van der Waals surface area contributed by atoms with Crippen LogP contribution < -0.4 is 11.1 Å². The molecule has 0 aliphatic heterocycles. The molecule has 0 saturated heterocycles. The third-order valence-electron chi connectivity index (χ3n) is 2.51. The Morgan fingerprint density at radius 3 is 2.50 bits per heavy atom. The van der Waals surface area contributed by atoms with Gasteiger partial charge in [0.25, 0.3) is 0 Å². The molecule has 0 heterocycles. The van der Waals surface area contributed by atoms with Crippen molar-refractivity contribution in [3.63, 3.8) is 0 Å². The molecule has 0 aromatic carbocycles. The molecule has 0 radical (unpaired) electrons. The van der Waals surface area contributed by atoms with E-state index in [1.807, 2.05) is 6.92 Å². The Morgan fingerprint density at radius 1 is 1.42 bits per heavy atom. The lowest BCUT2D eigenvalue weighted by molar-refractivity contribution is 0.336. The maximum atomic E-state index is 5.79. The van der Waals surface area contributed by atoms with E-state index in [4.69, 9.17) is 12.2 Å². The Balaban J connectivity index is 2.22. The van der Waals surface area contributed by atoms with Crippen LogP contribution in [0.2, 0.25) is 0 Å². The van der Waals surface area contributed by atoms with Crippen LogP contribution in [0.3, 0.4) is 0 Å². The van der Waals surface area contributed by atoms with Crippen molar-refractivity contribution in [2.24, 2.45) is 5.73 Å². The SMILES string of the molecule is C#CC(C)NC1CCC(N)CC1. The molecule has 1 unspecified atom stereocenters. The summed E-state index contributed by atoms with van der Waals surface area (Å²) in [6, 6.07) is 1.21. The number of hydrogen-bond acceptors (Lipinski definition) is 2. The van der Waals surface area contributed by atoms with Crippen molar-refractivity contribution < 1.29 is 0 Å². The van der Waals surface area contributed by atoms with Gasteiger partial charge in [-0.1, -0.05) is 5.92 Å². The zero-order chi connectivity index (χ0) is 8.97. The van der Waals surface area contributed by atoms with Crippen LogP contribution in [0.15, 0.2) is 0 Å². The molecular formula is C10H18N2. The van der Waals surface area contributed by atoms with E-state index in [2.05, 4.69) is 11.2 Å². The second kappa shape index (κ2) is 4.49. The minimum absolute atomic E-state index is 0.198. The molecule has 1 rings (SSSR count). The fourth-order valence-corrected chi connectivity index (χ4v) is 1.69. The number of rotatable bonds is 2.